The second kappa shape index (κ2) is 7.51. The summed E-state index contributed by atoms with van der Waals surface area (Å²) in [5.74, 6) is -0.336. The zero-order chi connectivity index (χ0) is 22.6. The van der Waals surface area contributed by atoms with Crippen molar-refractivity contribution in [2.75, 3.05) is 0 Å². The van der Waals surface area contributed by atoms with E-state index in [2.05, 4.69) is 20.4 Å². The monoisotopic (exact) mass is 485 g/mol. The molecule has 2 N–H and O–H groups in total. The number of phenols is 1. The van der Waals surface area contributed by atoms with Crippen molar-refractivity contribution in [1.82, 2.24) is 14.7 Å². The summed E-state index contributed by atoms with van der Waals surface area (Å²) in [5.41, 5.74) is 1.64. The van der Waals surface area contributed by atoms with Gasteiger partial charge in [-0.15, -0.1) is 4.41 Å². The number of nitrogens with one attached hydrogen (secondary N) is 1. The molecule has 3 heterocycles. The van der Waals surface area contributed by atoms with Crippen molar-refractivity contribution in [3.8, 4) is 5.75 Å². The molecule has 2 atom stereocenters. The van der Waals surface area contributed by atoms with Gasteiger partial charge < -0.3 is 10.4 Å². The molecule has 1 aromatic heterocycles. The molecule has 0 radical (unpaired) electrons. The number of amidine groups is 1. The first-order valence-corrected chi connectivity index (χ1v) is 11.8. The van der Waals surface area contributed by atoms with E-state index >= 15 is 0 Å². The molecule has 0 amide bonds. The Hall–Kier alpha value is -3.08. The fraction of sp³-hybridized carbons (Fsp3) is 0.143. The smallest absolute Gasteiger partial charge is 0.285 e. The summed E-state index contributed by atoms with van der Waals surface area (Å²) in [5, 5.41) is 18.7. The second-order valence-corrected chi connectivity index (χ2v) is 9.96. The number of hydrogen-bond acceptors (Lipinski definition) is 6. The van der Waals surface area contributed by atoms with Crippen LogP contribution in [0.15, 0.2) is 69.7 Å². The van der Waals surface area contributed by atoms with E-state index in [9.17, 15) is 13.5 Å². The molecule has 0 saturated carbocycles. The van der Waals surface area contributed by atoms with Gasteiger partial charge in [0.05, 0.1) is 16.9 Å². The van der Waals surface area contributed by atoms with E-state index in [-0.39, 0.29) is 38.5 Å². The highest BCUT2D eigenvalue weighted by Gasteiger charge is 2.46. The van der Waals surface area contributed by atoms with E-state index in [4.69, 9.17) is 23.8 Å². The Bertz CT molecular complexity index is 1440. The maximum Gasteiger partial charge on any atom is 0.285 e. The van der Waals surface area contributed by atoms with E-state index in [1.54, 1.807) is 31.2 Å². The van der Waals surface area contributed by atoms with Gasteiger partial charge in [0.15, 0.2) is 10.9 Å². The van der Waals surface area contributed by atoms with Crippen molar-refractivity contribution in [3.63, 3.8) is 0 Å². The fourth-order valence-corrected chi connectivity index (χ4v) is 5.84. The predicted molar refractivity (Wildman–Crippen MR) is 126 cm³/mol. The Morgan fingerprint density at radius 3 is 2.66 bits per heavy atom. The van der Waals surface area contributed by atoms with Crippen LogP contribution in [0.4, 0.5) is 0 Å². The van der Waals surface area contributed by atoms with Crippen molar-refractivity contribution >= 4 is 61.4 Å². The highest BCUT2D eigenvalue weighted by atomic mass is 35.5. The minimum absolute atomic E-state index is 0.0363. The fourth-order valence-electron chi connectivity index (χ4n) is 3.99. The number of aromatic nitrogens is 1. The molecule has 2 unspecified atom stereocenters. The number of fused-ring (bicyclic) bond motifs is 2. The quantitative estimate of drug-likeness (QED) is 0.549. The zero-order valence-corrected chi connectivity index (χ0v) is 19.0. The molecule has 2 aliphatic heterocycles. The maximum atomic E-state index is 13.7. The van der Waals surface area contributed by atoms with Gasteiger partial charge in [-0.3, -0.25) is 4.98 Å². The van der Waals surface area contributed by atoms with Crippen LogP contribution in [0.2, 0.25) is 5.02 Å². The van der Waals surface area contributed by atoms with Gasteiger partial charge in [-0.1, -0.05) is 23.7 Å². The molecule has 32 heavy (non-hydrogen) atoms. The topological polar surface area (TPSA) is 107 Å². The van der Waals surface area contributed by atoms with Crippen LogP contribution in [0.25, 0.3) is 10.9 Å². The summed E-state index contributed by atoms with van der Waals surface area (Å²) >= 11 is 11.3. The Labute approximate surface area is 194 Å². The van der Waals surface area contributed by atoms with E-state index < -0.39 is 15.9 Å². The average molecular weight is 486 g/mol. The van der Waals surface area contributed by atoms with Gasteiger partial charge in [-0.2, -0.15) is 13.5 Å². The van der Waals surface area contributed by atoms with E-state index in [0.29, 0.717) is 10.7 Å². The van der Waals surface area contributed by atoms with Crippen LogP contribution in [0, 0.1) is 5.92 Å². The van der Waals surface area contributed by atoms with Crippen LogP contribution in [-0.4, -0.2) is 39.6 Å². The van der Waals surface area contributed by atoms with Gasteiger partial charge in [0.2, 0.25) is 0 Å². The predicted octanol–water partition coefficient (Wildman–Crippen LogP) is 3.62. The van der Waals surface area contributed by atoms with Gasteiger partial charge in [0, 0.05) is 22.3 Å². The normalized spacial score (nSPS) is 20.6. The van der Waals surface area contributed by atoms with Gasteiger partial charge in [-0.25, -0.2) is 4.99 Å². The number of hydrazone groups is 1. The van der Waals surface area contributed by atoms with Crippen LogP contribution in [-0.2, 0) is 10.0 Å². The van der Waals surface area contributed by atoms with Gasteiger partial charge in [-0.05, 0) is 61.1 Å². The maximum absolute atomic E-state index is 13.7. The highest BCUT2D eigenvalue weighted by Crippen LogP contribution is 2.38. The summed E-state index contributed by atoms with van der Waals surface area (Å²) in [6.07, 6.45) is 1.48. The van der Waals surface area contributed by atoms with Crippen molar-refractivity contribution in [3.05, 3.63) is 65.3 Å². The summed E-state index contributed by atoms with van der Waals surface area (Å²) in [6.45, 7) is 1.76. The third kappa shape index (κ3) is 3.22. The number of aromatic hydroxyl groups is 1. The molecule has 2 aromatic carbocycles. The highest BCUT2D eigenvalue weighted by molar-refractivity contribution is 7.90. The zero-order valence-electron chi connectivity index (χ0n) is 16.6. The number of pyridine rings is 1. The lowest BCUT2D eigenvalue weighted by Crippen LogP contribution is -2.46. The SMILES string of the molecule is CC1=NN(S(=O)(=O)c2ccc(O)c3ncccc23)C2=NC(=S)NC(c3ccc(Cl)cc3)C12. The number of rotatable bonds is 3. The van der Waals surface area contributed by atoms with E-state index in [1.165, 1.54) is 18.3 Å². The van der Waals surface area contributed by atoms with Crippen molar-refractivity contribution in [2.24, 2.45) is 16.0 Å². The number of thiocarbonyl (C=S) groups is 1. The molecule has 0 bridgehead atoms. The van der Waals surface area contributed by atoms with Gasteiger partial charge >= 0.3 is 0 Å². The lowest BCUT2D eigenvalue weighted by atomic mass is 9.88. The second-order valence-electron chi connectivity index (χ2n) is 7.40. The third-order valence-electron chi connectivity index (χ3n) is 5.44. The number of aliphatic imine (C=N–C) groups is 1. The number of nitrogens with zero attached hydrogens (tertiary/aromatic N) is 4. The molecule has 0 aliphatic carbocycles. The number of phenolic OH excluding ortho intramolecular Hbond substituents is 1. The third-order valence-corrected chi connectivity index (χ3v) is 7.54. The molecule has 2 aliphatic rings. The molecule has 0 saturated heterocycles. The van der Waals surface area contributed by atoms with Crippen molar-refractivity contribution in [2.45, 2.75) is 17.9 Å². The molecule has 0 fully saturated rings. The average Bonchev–Trinajstić information content (AvgIpc) is 3.11. The van der Waals surface area contributed by atoms with Crippen LogP contribution in [0.3, 0.4) is 0 Å². The Morgan fingerprint density at radius 2 is 1.91 bits per heavy atom. The minimum atomic E-state index is -4.17. The van der Waals surface area contributed by atoms with Crippen LogP contribution in [0.5, 0.6) is 5.75 Å². The molecule has 162 valence electrons. The molecule has 8 nitrogen and oxygen atoms in total. The van der Waals surface area contributed by atoms with Gasteiger partial charge in [0.1, 0.15) is 11.3 Å². The number of benzene rings is 2. The van der Waals surface area contributed by atoms with E-state index in [0.717, 1.165) is 9.98 Å². The summed E-state index contributed by atoms with van der Waals surface area (Å²) in [7, 11) is -4.17. The lowest BCUT2D eigenvalue weighted by Gasteiger charge is -2.31. The van der Waals surface area contributed by atoms with E-state index in [1.807, 2.05) is 12.1 Å². The van der Waals surface area contributed by atoms with Crippen molar-refractivity contribution < 1.29 is 13.5 Å². The first-order chi connectivity index (χ1) is 15.3. The Kier molecular flexibility index (Phi) is 4.88. The minimum Gasteiger partial charge on any atom is -0.506 e. The van der Waals surface area contributed by atoms with Crippen LogP contribution in [0.1, 0.15) is 18.5 Å². The summed E-state index contributed by atoms with van der Waals surface area (Å²) in [6, 6.07) is 12.7. The number of hydrogen-bond donors (Lipinski definition) is 2. The Balaban J connectivity index is 1.62. The summed E-state index contributed by atoms with van der Waals surface area (Å²) in [4.78, 5) is 8.41. The van der Waals surface area contributed by atoms with Crippen LogP contribution < -0.4 is 5.32 Å². The molecule has 3 aromatic rings. The standard InChI is InChI=1S/C21H16ClN5O3S2/c1-11-17-18(12-4-6-13(22)7-5-12)24-21(31)25-20(17)27(26-11)32(29,30)16-9-8-15(28)19-14(16)3-2-10-23-19/h2-10,17-18,28H,1H3,(H,24,31). The van der Waals surface area contributed by atoms with Crippen LogP contribution >= 0.6 is 23.8 Å². The van der Waals surface area contributed by atoms with Gasteiger partial charge in [0.25, 0.3) is 10.0 Å². The molecule has 11 heteroatoms. The molecular weight excluding hydrogens is 470 g/mol. The first kappa shape index (κ1) is 20.8. The number of halogens is 1. The van der Waals surface area contributed by atoms with Crippen molar-refractivity contribution in [1.29, 1.82) is 0 Å². The Morgan fingerprint density at radius 1 is 1.16 bits per heavy atom. The number of sulfonamides is 1. The molecular formula is C21H16ClN5O3S2. The molecule has 5 rings (SSSR count). The molecule has 0 spiro atoms. The largest absolute Gasteiger partial charge is 0.506 e. The summed E-state index contributed by atoms with van der Waals surface area (Å²) < 4.78 is 28.3. The first-order valence-electron chi connectivity index (χ1n) is 9.59. The lowest BCUT2D eigenvalue weighted by molar-refractivity contribution is 0.480.